The van der Waals surface area contributed by atoms with Gasteiger partial charge in [-0.15, -0.1) is 12.4 Å². The van der Waals surface area contributed by atoms with Crippen LogP contribution >= 0.6 is 12.4 Å². The number of ketones is 1. The Hall–Kier alpha value is -2.33. The molecule has 4 nitrogen and oxygen atoms in total. The molecular formula is C28H35ClN2O2. The molecule has 1 fully saturated rings. The molecule has 2 heterocycles. The predicted molar refractivity (Wildman–Crippen MR) is 135 cm³/mol. The van der Waals surface area contributed by atoms with E-state index >= 15 is 0 Å². The van der Waals surface area contributed by atoms with Crippen molar-refractivity contribution in [3.05, 3.63) is 64.7 Å². The Morgan fingerprint density at radius 2 is 1.76 bits per heavy atom. The number of benzene rings is 2. The van der Waals surface area contributed by atoms with Gasteiger partial charge in [-0.25, -0.2) is 0 Å². The van der Waals surface area contributed by atoms with Crippen molar-refractivity contribution in [3.8, 4) is 0 Å². The molecule has 2 aromatic carbocycles. The molecule has 1 aliphatic carbocycles. The van der Waals surface area contributed by atoms with E-state index in [9.17, 15) is 9.59 Å². The molecule has 0 bridgehead atoms. The minimum Gasteiger partial charge on any atom is -0.366 e. The van der Waals surface area contributed by atoms with Crippen LogP contribution in [-0.2, 0) is 17.8 Å². The van der Waals surface area contributed by atoms with Gasteiger partial charge in [0.15, 0.2) is 5.78 Å². The summed E-state index contributed by atoms with van der Waals surface area (Å²) in [7, 11) is 0. The summed E-state index contributed by atoms with van der Waals surface area (Å²) < 4.78 is 0. The summed E-state index contributed by atoms with van der Waals surface area (Å²) >= 11 is 0. The van der Waals surface area contributed by atoms with E-state index in [1.807, 2.05) is 4.90 Å². The third-order valence-electron chi connectivity index (χ3n) is 7.86. The molecule has 33 heavy (non-hydrogen) atoms. The van der Waals surface area contributed by atoms with Gasteiger partial charge in [-0.2, -0.15) is 0 Å². The van der Waals surface area contributed by atoms with Crippen LogP contribution < -0.4 is 4.90 Å². The van der Waals surface area contributed by atoms with Crippen LogP contribution in [-0.4, -0.2) is 36.2 Å². The Labute approximate surface area is 203 Å². The molecule has 2 aromatic rings. The monoisotopic (exact) mass is 466 g/mol. The third-order valence-corrected chi connectivity index (χ3v) is 7.86. The van der Waals surface area contributed by atoms with E-state index in [2.05, 4.69) is 47.4 Å². The van der Waals surface area contributed by atoms with Crippen molar-refractivity contribution < 1.29 is 9.59 Å². The van der Waals surface area contributed by atoms with Crippen molar-refractivity contribution in [2.45, 2.75) is 64.3 Å². The van der Waals surface area contributed by atoms with Crippen molar-refractivity contribution >= 4 is 29.8 Å². The zero-order valence-electron chi connectivity index (χ0n) is 19.6. The Morgan fingerprint density at radius 3 is 2.48 bits per heavy atom. The van der Waals surface area contributed by atoms with Crippen LogP contribution in [0.3, 0.4) is 0 Å². The molecule has 1 atom stereocenters. The number of rotatable bonds is 6. The molecule has 0 N–H and O–H groups in total. The van der Waals surface area contributed by atoms with E-state index in [1.54, 1.807) is 6.92 Å². The number of halogens is 1. The highest BCUT2D eigenvalue weighted by atomic mass is 35.5. The minimum atomic E-state index is 0. The van der Waals surface area contributed by atoms with E-state index in [0.29, 0.717) is 24.0 Å². The van der Waals surface area contributed by atoms with Gasteiger partial charge in [-0.05, 0) is 73.3 Å². The van der Waals surface area contributed by atoms with Crippen LogP contribution in [0.1, 0.15) is 78.4 Å². The SMILES string of the molecule is CC(=O)N1CCC(CCC(=O)c2ccc3c4c2CCCC4CN3Cc2ccccc2)CC1.Cl. The number of carbonyl (C=O) groups excluding carboxylic acids is 2. The Morgan fingerprint density at radius 1 is 1.00 bits per heavy atom. The van der Waals surface area contributed by atoms with Crippen LogP contribution in [0, 0.1) is 5.92 Å². The molecule has 176 valence electrons. The maximum atomic E-state index is 13.3. The van der Waals surface area contributed by atoms with Crippen molar-refractivity contribution in [1.29, 1.82) is 0 Å². The molecule has 1 amide bonds. The lowest BCUT2D eigenvalue weighted by Gasteiger charge is -2.31. The number of piperidine rings is 1. The number of anilines is 1. The zero-order chi connectivity index (χ0) is 22.1. The second-order valence-electron chi connectivity index (χ2n) is 9.89. The van der Waals surface area contributed by atoms with E-state index in [1.165, 1.54) is 35.2 Å². The van der Waals surface area contributed by atoms with Gasteiger partial charge in [-0.1, -0.05) is 30.3 Å². The molecule has 5 heteroatoms. The zero-order valence-corrected chi connectivity index (χ0v) is 20.4. The van der Waals surface area contributed by atoms with Crippen LogP contribution in [0.2, 0.25) is 0 Å². The number of likely N-dealkylation sites (tertiary alicyclic amines) is 1. The third kappa shape index (κ3) is 4.96. The lowest BCUT2D eigenvalue weighted by Crippen LogP contribution is -2.37. The van der Waals surface area contributed by atoms with Crippen molar-refractivity contribution in [2.24, 2.45) is 5.92 Å². The Bertz CT molecular complexity index is 998. The van der Waals surface area contributed by atoms with Crippen molar-refractivity contribution in [1.82, 2.24) is 4.90 Å². The van der Waals surface area contributed by atoms with Gasteiger partial charge in [-0.3, -0.25) is 9.59 Å². The van der Waals surface area contributed by atoms with Gasteiger partial charge in [0.05, 0.1) is 0 Å². The molecule has 0 aromatic heterocycles. The molecule has 2 aliphatic heterocycles. The largest absolute Gasteiger partial charge is 0.366 e. The molecule has 1 unspecified atom stereocenters. The number of amides is 1. The average molecular weight is 467 g/mol. The first-order chi connectivity index (χ1) is 15.6. The number of hydrogen-bond acceptors (Lipinski definition) is 3. The fourth-order valence-electron chi connectivity index (χ4n) is 6.09. The van der Waals surface area contributed by atoms with Crippen LogP contribution in [0.25, 0.3) is 0 Å². The number of Topliss-reactive ketones (excluding diaryl/α,β-unsaturated/α-hetero) is 1. The Kier molecular flexibility index (Phi) is 7.43. The highest BCUT2D eigenvalue weighted by molar-refractivity contribution is 5.99. The topological polar surface area (TPSA) is 40.6 Å². The maximum Gasteiger partial charge on any atom is 0.219 e. The van der Waals surface area contributed by atoms with E-state index in [4.69, 9.17) is 0 Å². The summed E-state index contributed by atoms with van der Waals surface area (Å²) in [6, 6.07) is 15.0. The number of carbonyl (C=O) groups is 2. The first kappa shape index (κ1) is 23.8. The quantitative estimate of drug-likeness (QED) is 0.507. The van der Waals surface area contributed by atoms with Gasteiger partial charge in [0.25, 0.3) is 0 Å². The predicted octanol–water partition coefficient (Wildman–Crippen LogP) is 5.77. The second-order valence-corrected chi connectivity index (χ2v) is 9.89. The molecule has 5 rings (SSSR count). The summed E-state index contributed by atoms with van der Waals surface area (Å²) in [5.74, 6) is 1.63. The summed E-state index contributed by atoms with van der Waals surface area (Å²) in [4.78, 5) is 29.3. The van der Waals surface area contributed by atoms with Crippen molar-refractivity contribution in [3.63, 3.8) is 0 Å². The highest BCUT2D eigenvalue weighted by Crippen LogP contribution is 2.46. The van der Waals surface area contributed by atoms with E-state index in [-0.39, 0.29) is 18.3 Å². The van der Waals surface area contributed by atoms with Gasteiger partial charge < -0.3 is 9.80 Å². The highest BCUT2D eigenvalue weighted by Gasteiger charge is 2.35. The van der Waals surface area contributed by atoms with E-state index in [0.717, 1.165) is 57.4 Å². The minimum absolute atomic E-state index is 0. The average Bonchev–Trinajstić information content (AvgIpc) is 3.17. The number of hydrogen-bond donors (Lipinski definition) is 0. The van der Waals surface area contributed by atoms with Crippen LogP contribution in [0.5, 0.6) is 0 Å². The molecule has 0 spiro atoms. The molecule has 0 radical (unpaired) electrons. The standard InChI is InChI=1S/C28H34N2O2.ClH/c1-20(31)29-16-14-21(15-17-29)10-13-27(32)24-11-12-26-28-23(8-5-9-25(24)28)19-30(26)18-22-6-3-2-4-7-22;/h2-4,6-7,11-12,21,23H,5,8-10,13-19H2,1H3;1H. The Balaban J connectivity index is 0.00000259. The normalized spacial score (nSPS) is 19.7. The summed E-state index contributed by atoms with van der Waals surface area (Å²) in [5.41, 5.74) is 6.48. The first-order valence-electron chi connectivity index (χ1n) is 12.3. The number of nitrogens with zero attached hydrogens (tertiary/aromatic N) is 2. The lowest BCUT2D eigenvalue weighted by molar-refractivity contribution is -0.130. The van der Waals surface area contributed by atoms with Gasteiger partial charge in [0, 0.05) is 56.7 Å². The van der Waals surface area contributed by atoms with Crippen molar-refractivity contribution in [2.75, 3.05) is 24.5 Å². The summed E-state index contributed by atoms with van der Waals surface area (Å²) in [5, 5.41) is 0. The summed E-state index contributed by atoms with van der Waals surface area (Å²) in [6.45, 7) is 5.35. The van der Waals surface area contributed by atoms with Crippen LogP contribution in [0.15, 0.2) is 42.5 Å². The van der Waals surface area contributed by atoms with Gasteiger partial charge >= 0.3 is 0 Å². The summed E-state index contributed by atoms with van der Waals surface area (Å²) in [6.07, 6.45) is 7.10. The van der Waals surface area contributed by atoms with Gasteiger partial charge in [0.1, 0.15) is 0 Å². The molecule has 3 aliphatic rings. The first-order valence-corrected chi connectivity index (χ1v) is 12.3. The maximum absolute atomic E-state index is 13.3. The molecule has 1 saturated heterocycles. The van der Waals surface area contributed by atoms with Crippen LogP contribution in [0.4, 0.5) is 5.69 Å². The smallest absolute Gasteiger partial charge is 0.219 e. The molecular weight excluding hydrogens is 432 g/mol. The molecule has 0 saturated carbocycles. The second kappa shape index (κ2) is 10.3. The lowest BCUT2D eigenvalue weighted by atomic mass is 9.80. The fourth-order valence-corrected chi connectivity index (χ4v) is 6.09. The fraction of sp³-hybridized carbons (Fsp3) is 0.500. The van der Waals surface area contributed by atoms with Gasteiger partial charge in [0.2, 0.25) is 5.91 Å². The van der Waals surface area contributed by atoms with E-state index < -0.39 is 0 Å².